The zero-order chi connectivity index (χ0) is 17.1. The number of piperidine rings is 1. The maximum absolute atomic E-state index is 12.6. The highest BCUT2D eigenvalue weighted by molar-refractivity contribution is 9.10. The van der Waals surface area contributed by atoms with Gasteiger partial charge in [0.15, 0.2) is 0 Å². The van der Waals surface area contributed by atoms with E-state index in [-0.39, 0.29) is 24.0 Å². The molecule has 24 heavy (non-hydrogen) atoms. The van der Waals surface area contributed by atoms with E-state index in [0.717, 1.165) is 30.3 Å². The molecular formula is C18H27BrN4O. The van der Waals surface area contributed by atoms with Crippen LogP contribution in [-0.2, 0) is 4.79 Å². The van der Waals surface area contributed by atoms with E-state index in [1.54, 1.807) is 0 Å². The molecule has 132 valence electrons. The SMILES string of the molecule is CCC1C(NC(=O)[C@H]2CCN[C@@H](C)C2)NNC1c1ccc(Br)cc1. The van der Waals surface area contributed by atoms with Crippen LogP contribution in [0.2, 0.25) is 0 Å². The van der Waals surface area contributed by atoms with Crippen molar-refractivity contribution in [3.8, 4) is 0 Å². The first-order valence-electron chi connectivity index (χ1n) is 8.88. The van der Waals surface area contributed by atoms with Gasteiger partial charge in [0.25, 0.3) is 0 Å². The minimum absolute atomic E-state index is 0.0265. The van der Waals surface area contributed by atoms with Crippen LogP contribution in [0.25, 0.3) is 0 Å². The Morgan fingerprint density at radius 3 is 2.71 bits per heavy atom. The predicted molar refractivity (Wildman–Crippen MR) is 99.1 cm³/mol. The lowest BCUT2D eigenvalue weighted by Crippen LogP contribution is -2.51. The van der Waals surface area contributed by atoms with E-state index in [1.807, 2.05) is 0 Å². The highest BCUT2D eigenvalue weighted by atomic mass is 79.9. The van der Waals surface area contributed by atoms with Gasteiger partial charge in [-0.15, -0.1) is 0 Å². The summed E-state index contributed by atoms with van der Waals surface area (Å²) in [5.74, 6) is 0.624. The van der Waals surface area contributed by atoms with Crippen molar-refractivity contribution in [3.63, 3.8) is 0 Å². The number of hydrazine groups is 1. The van der Waals surface area contributed by atoms with Crippen LogP contribution in [0.3, 0.4) is 0 Å². The summed E-state index contributed by atoms with van der Waals surface area (Å²) in [5, 5.41) is 6.63. The van der Waals surface area contributed by atoms with Gasteiger partial charge in [0.05, 0.1) is 12.2 Å². The van der Waals surface area contributed by atoms with E-state index in [9.17, 15) is 4.79 Å². The van der Waals surface area contributed by atoms with E-state index in [4.69, 9.17) is 0 Å². The van der Waals surface area contributed by atoms with Gasteiger partial charge in [-0.05, 0) is 50.4 Å². The molecule has 5 nitrogen and oxygen atoms in total. The second-order valence-electron chi connectivity index (χ2n) is 6.95. The highest BCUT2D eigenvalue weighted by Crippen LogP contribution is 2.31. The molecule has 6 heteroatoms. The molecule has 0 radical (unpaired) electrons. The normalized spacial score (nSPS) is 33.4. The van der Waals surface area contributed by atoms with E-state index < -0.39 is 0 Å². The smallest absolute Gasteiger partial charge is 0.224 e. The summed E-state index contributed by atoms with van der Waals surface area (Å²) in [6, 6.07) is 9.01. The van der Waals surface area contributed by atoms with Crippen LogP contribution in [0.1, 0.15) is 44.7 Å². The molecule has 0 bridgehead atoms. The maximum atomic E-state index is 12.6. The second-order valence-corrected chi connectivity index (χ2v) is 7.87. The second kappa shape index (κ2) is 7.95. The molecular weight excluding hydrogens is 368 g/mol. The van der Waals surface area contributed by atoms with Crippen LogP contribution in [0.15, 0.2) is 28.7 Å². The number of carbonyl (C=O) groups excluding carboxylic acids is 1. The number of amides is 1. The number of nitrogens with one attached hydrogen (secondary N) is 4. The summed E-state index contributed by atoms with van der Waals surface area (Å²) in [6.07, 6.45) is 2.80. The molecule has 2 aliphatic rings. The topological polar surface area (TPSA) is 65.2 Å². The standard InChI is InChI=1S/C18H27BrN4O/c1-3-15-16(12-4-6-14(19)7-5-12)22-23-17(15)21-18(24)13-8-9-20-11(2)10-13/h4-7,11,13,15-17,20,22-23H,3,8-10H2,1-2H3,(H,21,24)/t11-,13-,15?,16?,17?/m0/s1. The zero-order valence-electron chi connectivity index (χ0n) is 14.3. The molecule has 2 heterocycles. The Bertz CT molecular complexity index is 565. The summed E-state index contributed by atoms with van der Waals surface area (Å²) in [4.78, 5) is 12.6. The summed E-state index contributed by atoms with van der Waals surface area (Å²) in [5.41, 5.74) is 7.90. The molecule has 3 unspecified atom stereocenters. The Balaban J connectivity index is 1.64. The minimum Gasteiger partial charge on any atom is -0.339 e. The summed E-state index contributed by atoms with van der Waals surface area (Å²) in [6.45, 7) is 5.25. The maximum Gasteiger partial charge on any atom is 0.224 e. The minimum atomic E-state index is -0.0265. The Morgan fingerprint density at radius 1 is 1.29 bits per heavy atom. The number of hydrogen-bond donors (Lipinski definition) is 4. The first-order valence-corrected chi connectivity index (χ1v) is 9.68. The largest absolute Gasteiger partial charge is 0.339 e. The average Bonchev–Trinajstić information content (AvgIpc) is 2.98. The van der Waals surface area contributed by atoms with Crippen molar-refractivity contribution in [2.75, 3.05) is 6.54 Å². The first-order chi connectivity index (χ1) is 11.6. The molecule has 0 aromatic heterocycles. The Kier molecular flexibility index (Phi) is 5.92. The van der Waals surface area contributed by atoms with Crippen LogP contribution in [0, 0.1) is 11.8 Å². The molecule has 2 aliphatic heterocycles. The Hall–Kier alpha value is -0.950. The fraction of sp³-hybridized carbons (Fsp3) is 0.611. The van der Waals surface area contributed by atoms with Crippen LogP contribution in [0.5, 0.6) is 0 Å². The lowest BCUT2D eigenvalue weighted by Gasteiger charge is -2.29. The third kappa shape index (κ3) is 3.99. The van der Waals surface area contributed by atoms with Gasteiger partial charge in [0.2, 0.25) is 5.91 Å². The lowest BCUT2D eigenvalue weighted by atomic mass is 9.89. The van der Waals surface area contributed by atoms with Gasteiger partial charge < -0.3 is 10.6 Å². The molecule has 2 fully saturated rings. The van der Waals surface area contributed by atoms with Crippen molar-refractivity contribution in [2.24, 2.45) is 11.8 Å². The number of benzene rings is 1. The van der Waals surface area contributed by atoms with Gasteiger partial charge in [-0.1, -0.05) is 35.0 Å². The van der Waals surface area contributed by atoms with Crippen LogP contribution < -0.4 is 21.5 Å². The van der Waals surface area contributed by atoms with Crippen LogP contribution in [-0.4, -0.2) is 24.7 Å². The summed E-state index contributed by atoms with van der Waals surface area (Å²) in [7, 11) is 0. The third-order valence-corrected chi connectivity index (χ3v) is 5.77. The fourth-order valence-corrected chi connectivity index (χ4v) is 4.11. The lowest BCUT2D eigenvalue weighted by molar-refractivity contribution is -0.127. The molecule has 0 saturated carbocycles. The monoisotopic (exact) mass is 394 g/mol. The number of halogens is 1. The van der Waals surface area contributed by atoms with Gasteiger partial charge in [0, 0.05) is 22.4 Å². The van der Waals surface area contributed by atoms with Crippen molar-refractivity contribution in [2.45, 2.75) is 51.4 Å². The van der Waals surface area contributed by atoms with Gasteiger partial charge in [-0.25, -0.2) is 10.9 Å². The molecule has 0 aliphatic carbocycles. The van der Waals surface area contributed by atoms with Crippen LogP contribution >= 0.6 is 15.9 Å². The molecule has 1 aromatic rings. The van der Waals surface area contributed by atoms with E-state index in [1.165, 1.54) is 5.56 Å². The van der Waals surface area contributed by atoms with E-state index >= 15 is 0 Å². The van der Waals surface area contributed by atoms with Crippen molar-refractivity contribution < 1.29 is 4.79 Å². The highest BCUT2D eigenvalue weighted by Gasteiger charge is 2.37. The zero-order valence-corrected chi connectivity index (χ0v) is 15.9. The third-order valence-electron chi connectivity index (χ3n) is 5.24. The molecule has 2 saturated heterocycles. The quantitative estimate of drug-likeness (QED) is 0.633. The number of rotatable bonds is 4. The Morgan fingerprint density at radius 2 is 2.04 bits per heavy atom. The summed E-state index contributed by atoms with van der Waals surface area (Å²) >= 11 is 3.48. The van der Waals surface area contributed by atoms with Crippen molar-refractivity contribution >= 4 is 21.8 Å². The Labute approximate surface area is 152 Å². The predicted octanol–water partition coefficient (Wildman–Crippen LogP) is 2.45. The van der Waals surface area contributed by atoms with Crippen LogP contribution in [0.4, 0.5) is 0 Å². The summed E-state index contributed by atoms with van der Waals surface area (Å²) < 4.78 is 1.08. The molecule has 1 amide bonds. The van der Waals surface area contributed by atoms with Gasteiger partial charge in [-0.2, -0.15) is 0 Å². The first kappa shape index (κ1) is 17.9. The molecule has 1 aromatic carbocycles. The number of carbonyl (C=O) groups is 1. The molecule has 5 atom stereocenters. The van der Waals surface area contributed by atoms with Crippen molar-refractivity contribution in [1.29, 1.82) is 0 Å². The van der Waals surface area contributed by atoms with E-state index in [0.29, 0.717) is 12.0 Å². The molecule has 0 spiro atoms. The number of hydrogen-bond acceptors (Lipinski definition) is 4. The van der Waals surface area contributed by atoms with Crippen molar-refractivity contribution in [3.05, 3.63) is 34.3 Å². The van der Waals surface area contributed by atoms with Gasteiger partial charge in [-0.3, -0.25) is 4.79 Å². The fourth-order valence-electron chi connectivity index (χ4n) is 3.84. The molecule has 4 N–H and O–H groups in total. The van der Waals surface area contributed by atoms with E-state index in [2.05, 4.69) is 75.5 Å². The molecule has 3 rings (SSSR count). The average molecular weight is 395 g/mol. The van der Waals surface area contributed by atoms with Gasteiger partial charge in [0.1, 0.15) is 0 Å². The van der Waals surface area contributed by atoms with Crippen molar-refractivity contribution in [1.82, 2.24) is 21.5 Å². The van der Waals surface area contributed by atoms with Gasteiger partial charge >= 0.3 is 0 Å².